The third-order valence-electron chi connectivity index (χ3n) is 3.31. The Kier molecular flexibility index (Phi) is 2.44. The molecule has 0 bridgehead atoms. The minimum Gasteiger partial charge on any atom is -0.239 e. The van der Waals surface area contributed by atoms with Gasteiger partial charge in [-0.1, -0.05) is 42.5 Å². The van der Waals surface area contributed by atoms with E-state index in [1.54, 1.807) is 4.40 Å². The largest absolute Gasteiger partial charge is 0.357 e. The van der Waals surface area contributed by atoms with E-state index in [1.165, 1.54) is 11.3 Å². The van der Waals surface area contributed by atoms with Crippen molar-refractivity contribution in [2.75, 3.05) is 0 Å². The predicted octanol–water partition coefficient (Wildman–Crippen LogP) is 1.88. The van der Waals surface area contributed by atoms with Crippen LogP contribution in [0, 0.1) is 0 Å². The summed E-state index contributed by atoms with van der Waals surface area (Å²) in [5.74, 6) is 0. The molecule has 2 aromatic carbocycles. The Morgan fingerprint density at radius 2 is 1.75 bits per heavy atom. The van der Waals surface area contributed by atoms with Gasteiger partial charge in [0.25, 0.3) is 0 Å². The second-order valence-corrected chi connectivity index (χ2v) is 5.64. The van der Waals surface area contributed by atoms with Crippen LogP contribution in [0.25, 0.3) is 22.1 Å². The molecule has 0 spiro atoms. The second kappa shape index (κ2) is 4.28. The lowest BCUT2D eigenvalue weighted by molar-refractivity contribution is -0.308. The normalized spacial score (nSPS) is 12.5. The number of rotatable bonds is 1. The van der Waals surface area contributed by atoms with Crippen molar-refractivity contribution in [1.82, 2.24) is 4.40 Å². The van der Waals surface area contributed by atoms with Crippen LogP contribution in [-0.4, -0.2) is 4.40 Å². The summed E-state index contributed by atoms with van der Waals surface area (Å²) in [5.41, 5.74) is 2.99. The monoisotopic (exact) mass is 279 g/mol. The molecule has 0 radical (unpaired) electrons. The highest BCUT2D eigenvalue weighted by Crippen LogP contribution is 2.11. The van der Waals surface area contributed by atoms with Crippen molar-refractivity contribution in [3.05, 3.63) is 75.0 Å². The van der Waals surface area contributed by atoms with Crippen molar-refractivity contribution in [2.45, 2.75) is 0 Å². The molecule has 0 aliphatic carbocycles. The average Bonchev–Trinajstić information content (AvgIpc) is 2.98. The van der Waals surface area contributed by atoms with Crippen LogP contribution in [0.15, 0.2) is 59.4 Å². The first kappa shape index (κ1) is 11.4. The third-order valence-corrected chi connectivity index (χ3v) is 4.30. The summed E-state index contributed by atoms with van der Waals surface area (Å²) in [7, 11) is 0. The van der Waals surface area contributed by atoms with Gasteiger partial charge in [0, 0.05) is 0 Å². The minimum atomic E-state index is 0.0336. The van der Waals surface area contributed by atoms with Gasteiger partial charge >= 0.3 is 10.5 Å². The quantitative estimate of drug-likeness (QED) is 0.524. The van der Waals surface area contributed by atoms with E-state index in [9.17, 15) is 4.79 Å². The Morgan fingerprint density at radius 3 is 2.60 bits per heavy atom. The number of para-hydroxylation sites is 2. The smallest absolute Gasteiger partial charge is 0.239 e. The number of imidazole rings is 1. The molecule has 0 unspecified atom stereocenters. The molecule has 2 aromatic heterocycles. The average molecular weight is 279 g/mol. The minimum absolute atomic E-state index is 0.0336. The van der Waals surface area contributed by atoms with E-state index in [0.29, 0.717) is 0 Å². The maximum absolute atomic E-state index is 12.5. The van der Waals surface area contributed by atoms with E-state index >= 15 is 0 Å². The van der Waals surface area contributed by atoms with Gasteiger partial charge in [-0.2, -0.15) is 0 Å². The van der Waals surface area contributed by atoms with Crippen molar-refractivity contribution in [2.24, 2.45) is 0 Å². The Bertz CT molecular complexity index is 1020. The number of benzene rings is 2. The molecule has 0 saturated heterocycles. The molecule has 4 heteroatoms. The molecular weight excluding hydrogens is 268 g/mol. The summed E-state index contributed by atoms with van der Waals surface area (Å²) in [6.45, 7) is 0. The topological polar surface area (TPSA) is 35.6 Å². The third kappa shape index (κ3) is 1.66. The highest BCUT2D eigenvalue weighted by Gasteiger charge is 2.17. The first-order valence-corrected chi connectivity index (χ1v) is 7.17. The molecule has 4 aromatic rings. The van der Waals surface area contributed by atoms with Gasteiger partial charge in [-0.3, -0.25) is 0 Å². The Labute approximate surface area is 118 Å². The zero-order valence-electron chi connectivity index (χ0n) is 10.5. The fraction of sp³-hybridized carbons (Fsp3) is 0. The molecule has 4 rings (SSSR count). The fourth-order valence-electron chi connectivity index (χ4n) is 2.38. The van der Waals surface area contributed by atoms with E-state index in [1.807, 2.05) is 60.7 Å². The number of thiazole rings is 1. The number of aromatic amines is 1. The van der Waals surface area contributed by atoms with Gasteiger partial charge < -0.3 is 0 Å². The van der Waals surface area contributed by atoms with Gasteiger partial charge in [0.2, 0.25) is 0 Å². The molecular formula is C16H11N2OS+. The SMILES string of the molecule is O=c1c(=Cc2ccccc2)sc2[nH+]c3ccccc3n12. The summed E-state index contributed by atoms with van der Waals surface area (Å²) < 4.78 is 2.49. The van der Waals surface area contributed by atoms with Crippen LogP contribution in [-0.2, 0) is 0 Å². The summed E-state index contributed by atoms with van der Waals surface area (Å²) in [6, 6.07) is 17.7. The van der Waals surface area contributed by atoms with Crippen LogP contribution in [0.4, 0.5) is 0 Å². The first-order valence-electron chi connectivity index (χ1n) is 6.35. The van der Waals surface area contributed by atoms with E-state index in [0.717, 1.165) is 26.1 Å². The lowest BCUT2D eigenvalue weighted by Crippen LogP contribution is -2.22. The maximum Gasteiger partial charge on any atom is 0.357 e. The van der Waals surface area contributed by atoms with Gasteiger partial charge in [-0.05, 0) is 35.1 Å². The van der Waals surface area contributed by atoms with E-state index in [2.05, 4.69) is 4.98 Å². The molecule has 2 heterocycles. The summed E-state index contributed by atoms with van der Waals surface area (Å²) in [5, 5.41) is 0. The molecule has 0 atom stereocenters. The first-order chi connectivity index (χ1) is 9.83. The second-order valence-electron chi connectivity index (χ2n) is 4.61. The Hall–Kier alpha value is -2.46. The molecule has 0 aliphatic heterocycles. The molecule has 0 saturated carbocycles. The zero-order valence-corrected chi connectivity index (χ0v) is 11.4. The molecule has 96 valence electrons. The van der Waals surface area contributed by atoms with Gasteiger partial charge in [0.15, 0.2) is 11.0 Å². The van der Waals surface area contributed by atoms with E-state index in [-0.39, 0.29) is 5.56 Å². The number of hydrogen-bond acceptors (Lipinski definition) is 2. The van der Waals surface area contributed by atoms with E-state index in [4.69, 9.17) is 0 Å². The molecule has 3 nitrogen and oxygen atoms in total. The fourth-order valence-corrected chi connectivity index (χ4v) is 3.39. The van der Waals surface area contributed by atoms with Crippen LogP contribution in [0.3, 0.4) is 0 Å². The van der Waals surface area contributed by atoms with Crippen LogP contribution in [0.5, 0.6) is 0 Å². The van der Waals surface area contributed by atoms with Crippen molar-refractivity contribution < 1.29 is 4.98 Å². The predicted molar refractivity (Wildman–Crippen MR) is 80.8 cm³/mol. The van der Waals surface area contributed by atoms with Gasteiger partial charge in [0.1, 0.15) is 4.53 Å². The van der Waals surface area contributed by atoms with Gasteiger partial charge in [-0.25, -0.2) is 9.78 Å². The highest BCUT2D eigenvalue weighted by molar-refractivity contribution is 7.14. The number of hydrogen-bond donors (Lipinski definition) is 0. The lowest BCUT2D eigenvalue weighted by atomic mass is 10.2. The molecule has 0 aliphatic rings. The number of fused-ring (bicyclic) bond motifs is 3. The van der Waals surface area contributed by atoms with Gasteiger partial charge in [0.05, 0.1) is 0 Å². The van der Waals surface area contributed by atoms with Crippen LogP contribution >= 0.6 is 11.3 Å². The zero-order chi connectivity index (χ0) is 13.5. The van der Waals surface area contributed by atoms with Crippen molar-refractivity contribution in [3.8, 4) is 0 Å². The van der Waals surface area contributed by atoms with Gasteiger partial charge in [-0.15, -0.1) is 4.40 Å². The van der Waals surface area contributed by atoms with Crippen LogP contribution in [0.2, 0.25) is 0 Å². The lowest BCUT2D eigenvalue weighted by Gasteiger charge is -1.87. The Morgan fingerprint density at radius 1 is 1.00 bits per heavy atom. The molecule has 20 heavy (non-hydrogen) atoms. The number of aromatic nitrogens is 2. The molecule has 0 fully saturated rings. The summed E-state index contributed by atoms with van der Waals surface area (Å²) in [4.78, 5) is 16.7. The molecule has 0 amide bonds. The Balaban J connectivity index is 2.06. The van der Waals surface area contributed by atoms with E-state index < -0.39 is 0 Å². The van der Waals surface area contributed by atoms with Crippen LogP contribution in [0.1, 0.15) is 5.56 Å². The number of H-pyrrole nitrogens is 1. The summed E-state index contributed by atoms with van der Waals surface area (Å²) in [6.07, 6.45) is 1.93. The molecule has 1 N–H and O–H groups in total. The summed E-state index contributed by atoms with van der Waals surface area (Å²) >= 11 is 1.48. The van der Waals surface area contributed by atoms with Crippen molar-refractivity contribution in [1.29, 1.82) is 0 Å². The number of nitrogens with zero attached hydrogens (tertiary/aromatic N) is 1. The highest BCUT2D eigenvalue weighted by atomic mass is 32.1. The van der Waals surface area contributed by atoms with Crippen molar-refractivity contribution >= 4 is 33.4 Å². The number of nitrogens with one attached hydrogen (secondary N) is 1. The standard InChI is InChI=1S/C16H10N2OS/c19-15-14(10-11-6-2-1-3-7-11)20-16-17-12-8-4-5-9-13(12)18(15)16/h1-10H/p+1. The maximum atomic E-state index is 12.5. The van der Waals surface area contributed by atoms with Crippen LogP contribution < -0.4 is 15.1 Å². The van der Waals surface area contributed by atoms with Crippen molar-refractivity contribution in [3.63, 3.8) is 0 Å².